The molecular weight excluding hydrogens is 405 g/mol. The number of ether oxygens (including phenoxy) is 1. The predicted octanol–water partition coefficient (Wildman–Crippen LogP) is 6.91. The number of hydrogen-bond donors (Lipinski definition) is 1. The average Bonchev–Trinajstić information content (AvgIpc) is 3.20. The number of methoxy groups -OCH3 is 1. The quantitative estimate of drug-likeness (QED) is 0.351. The Hall–Kier alpha value is -3.86. The number of fused-ring (bicyclic) bond motifs is 1. The van der Waals surface area contributed by atoms with E-state index in [2.05, 4.69) is 5.32 Å². The molecule has 1 N–H and O–H groups in total. The van der Waals surface area contributed by atoms with Crippen molar-refractivity contribution in [2.45, 2.75) is 20.8 Å². The zero-order chi connectivity index (χ0) is 22.8. The molecule has 0 fully saturated rings. The van der Waals surface area contributed by atoms with Gasteiger partial charge >= 0.3 is 0 Å². The number of rotatable bonds is 5. The molecule has 0 spiro atoms. The number of benzene rings is 3. The maximum atomic E-state index is 13.4. The van der Waals surface area contributed by atoms with Gasteiger partial charge in [0.1, 0.15) is 17.1 Å². The van der Waals surface area contributed by atoms with Crippen molar-refractivity contribution in [3.63, 3.8) is 0 Å². The molecule has 0 aliphatic heterocycles. The minimum absolute atomic E-state index is 0.220. The molecule has 0 saturated carbocycles. The normalized spacial score (nSPS) is 11.6. The Bertz CT molecular complexity index is 1330. The monoisotopic (exact) mass is 429 g/mol. The minimum atomic E-state index is -0.293. The Morgan fingerprint density at radius 2 is 1.81 bits per heavy atom. The van der Waals surface area contributed by atoms with Crippen LogP contribution in [-0.2, 0) is 4.79 Å². The Labute approximate surface area is 186 Å². The van der Waals surface area contributed by atoms with Crippen LogP contribution in [-0.4, -0.2) is 13.0 Å². The number of carbonyl (C=O) groups excluding carboxylic acids is 1. The van der Waals surface area contributed by atoms with Crippen molar-refractivity contribution in [3.8, 4) is 16.9 Å². The van der Waals surface area contributed by atoms with Gasteiger partial charge in [-0.05, 0) is 61.7 Å². The van der Waals surface area contributed by atoms with Crippen molar-refractivity contribution >= 4 is 28.1 Å². The highest BCUT2D eigenvalue weighted by Crippen LogP contribution is 2.40. The Morgan fingerprint density at radius 3 is 2.50 bits per heavy atom. The number of amides is 1. The summed E-state index contributed by atoms with van der Waals surface area (Å²) in [5.74, 6) is 0.135. The molecule has 0 aliphatic carbocycles. The van der Waals surface area contributed by atoms with Crippen molar-refractivity contribution in [2.75, 3.05) is 12.4 Å². The molecule has 162 valence electrons. The molecule has 0 bridgehead atoms. The number of furan rings is 1. The number of hydrogen-bond acceptors (Lipinski definition) is 3. The first kappa shape index (κ1) is 21.4. The highest BCUT2D eigenvalue weighted by Gasteiger charge is 2.19. The van der Waals surface area contributed by atoms with Crippen LogP contribution in [0, 0.1) is 19.7 Å². The van der Waals surface area contributed by atoms with Crippen LogP contribution in [0.3, 0.4) is 0 Å². The first-order valence-corrected chi connectivity index (χ1v) is 10.3. The number of anilines is 1. The van der Waals surface area contributed by atoms with Gasteiger partial charge in [0.15, 0.2) is 0 Å². The molecule has 1 aromatic heterocycles. The molecule has 0 saturated heterocycles. The van der Waals surface area contributed by atoms with E-state index >= 15 is 0 Å². The lowest BCUT2D eigenvalue weighted by Gasteiger charge is -2.13. The molecular formula is C27H24FNO3. The van der Waals surface area contributed by atoms with E-state index < -0.39 is 0 Å². The summed E-state index contributed by atoms with van der Waals surface area (Å²) in [5.41, 5.74) is 6.54. The van der Waals surface area contributed by atoms with E-state index in [0.29, 0.717) is 11.3 Å². The molecule has 0 atom stereocenters. The number of para-hydroxylation sites is 1. The maximum Gasteiger partial charge on any atom is 0.248 e. The van der Waals surface area contributed by atoms with Crippen LogP contribution in [0.5, 0.6) is 5.75 Å². The summed E-state index contributed by atoms with van der Waals surface area (Å²) in [6.45, 7) is 5.74. The summed E-state index contributed by atoms with van der Waals surface area (Å²) < 4.78 is 24.9. The molecule has 4 aromatic rings. The van der Waals surface area contributed by atoms with Crippen LogP contribution in [0.25, 0.3) is 27.7 Å². The lowest BCUT2D eigenvalue weighted by atomic mass is 9.96. The van der Waals surface area contributed by atoms with Crippen molar-refractivity contribution in [3.05, 3.63) is 89.4 Å². The third kappa shape index (κ3) is 4.02. The highest BCUT2D eigenvalue weighted by molar-refractivity contribution is 6.06. The summed E-state index contributed by atoms with van der Waals surface area (Å²) in [4.78, 5) is 12.7. The zero-order valence-corrected chi connectivity index (χ0v) is 18.5. The van der Waals surface area contributed by atoms with Gasteiger partial charge in [-0.2, -0.15) is 0 Å². The molecule has 3 aromatic carbocycles. The smallest absolute Gasteiger partial charge is 0.248 e. The van der Waals surface area contributed by atoms with E-state index in [1.54, 1.807) is 31.6 Å². The third-order valence-corrected chi connectivity index (χ3v) is 5.58. The van der Waals surface area contributed by atoms with Crippen molar-refractivity contribution in [1.29, 1.82) is 0 Å². The summed E-state index contributed by atoms with van der Waals surface area (Å²) in [5, 5.41) is 3.80. The van der Waals surface area contributed by atoms with Crippen LogP contribution < -0.4 is 10.1 Å². The number of carbonyl (C=O) groups is 1. The van der Waals surface area contributed by atoms with E-state index in [1.165, 1.54) is 12.1 Å². The molecule has 5 heteroatoms. The number of nitrogens with one attached hydrogen (secondary N) is 1. The van der Waals surface area contributed by atoms with Crippen LogP contribution >= 0.6 is 0 Å². The van der Waals surface area contributed by atoms with Crippen LogP contribution in [0.4, 0.5) is 10.1 Å². The lowest BCUT2D eigenvalue weighted by Crippen LogP contribution is -2.09. The van der Waals surface area contributed by atoms with E-state index in [1.807, 2.05) is 51.1 Å². The lowest BCUT2D eigenvalue weighted by molar-refractivity contribution is -0.111. The van der Waals surface area contributed by atoms with Crippen molar-refractivity contribution in [2.24, 2.45) is 0 Å². The molecule has 0 radical (unpaired) electrons. The summed E-state index contributed by atoms with van der Waals surface area (Å²) in [7, 11) is 1.60. The minimum Gasteiger partial charge on any atom is -0.496 e. The summed E-state index contributed by atoms with van der Waals surface area (Å²) >= 11 is 0. The van der Waals surface area contributed by atoms with Crippen molar-refractivity contribution in [1.82, 2.24) is 0 Å². The Kier molecular flexibility index (Phi) is 5.82. The zero-order valence-electron chi connectivity index (χ0n) is 18.5. The van der Waals surface area contributed by atoms with Gasteiger partial charge in [-0.15, -0.1) is 0 Å². The van der Waals surface area contributed by atoms with E-state index in [9.17, 15) is 9.18 Å². The molecule has 4 rings (SSSR count). The second-order valence-electron chi connectivity index (χ2n) is 7.75. The third-order valence-electron chi connectivity index (χ3n) is 5.58. The molecule has 1 amide bonds. The molecule has 32 heavy (non-hydrogen) atoms. The fraction of sp³-hybridized carbons (Fsp3) is 0.148. The van der Waals surface area contributed by atoms with E-state index in [4.69, 9.17) is 9.15 Å². The van der Waals surface area contributed by atoms with E-state index in [-0.39, 0.29) is 11.7 Å². The van der Waals surface area contributed by atoms with Gasteiger partial charge in [0.05, 0.1) is 13.4 Å². The number of allylic oxidation sites excluding steroid dienone is 1. The standard InChI is InChI=1S/C27H24FNO3/c1-16-7-5-6-8-24(16)29-25(30)13-17(2)21-14-22-23(19-9-11-20(28)12-10-19)15-32-27(22)18(3)26(21)31-4/h5-15H,1-4H3,(H,29,30)/b17-13+. The molecule has 0 aliphatic rings. The average molecular weight is 429 g/mol. The van der Waals surface area contributed by atoms with Crippen LogP contribution in [0.1, 0.15) is 23.6 Å². The first-order chi connectivity index (χ1) is 15.4. The second kappa shape index (κ2) is 8.71. The SMILES string of the molecule is COc1c(/C(C)=C/C(=O)Nc2ccccc2C)cc2c(-c3ccc(F)cc3)coc2c1C. The summed E-state index contributed by atoms with van der Waals surface area (Å²) in [6, 6.07) is 15.9. The molecule has 4 nitrogen and oxygen atoms in total. The summed E-state index contributed by atoms with van der Waals surface area (Å²) in [6.07, 6.45) is 3.23. The van der Waals surface area contributed by atoms with Gasteiger partial charge in [0, 0.05) is 33.8 Å². The van der Waals surface area contributed by atoms with E-state index in [0.717, 1.165) is 44.5 Å². The first-order valence-electron chi connectivity index (χ1n) is 10.3. The number of halogens is 1. The topological polar surface area (TPSA) is 51.5 Å². The van der Waals surface area contributed by atoms with Gasteiger partial charge in [0.2, 0.25) is 5.91 Å². The Morgan fingerprint density at radius 1 is 1.09 bits per heavy atom. The maximum absolute atomic E-state index is 13.4. The fourth-order valence-electron chi connectivity index (χ4n) is 3.88. The van der Waals surface area contributed by atoms with Gasteiger partial charge < -0.3 is 14.5 Å². The fourth-order valence-corrected chi connectivity index (χ4v) is 3.88. The number of aryl methyl sites for hydroxylation is 2. The predicted molar refractivity (Wildman–Crippen MR) is 126 cm³/mol. The van der Waals surface area contributed by atoms with Gasteiger partial charge in [-0.3, -0.25) is 4.79 Å². The second-order valence-corrected chi connectivity index (χ2v) is 7.75. The van der Waals surface area contributed by atoms with Gasteiger partial charge in [-0.1, -0.05) is 30.3 Å². The van der Waals surface area contributed by atoms with Gasteiger partial charge in [-0.25, -0.2) is 4.39 Å². The van der Waals surface area contributed by atoms with Gasteiger partial charge in [0.25, 0.3) is 0 Å². The molecule has 0 unspecified atom stereocenters. The largest absolute Gasteiger partial charge is 0.496 e. The van der Waals surface area contributed by atoms with Crippen LogP contribution in [0.15, 0.2) is 71.4 Å². The molecule has 1 heterocycles. The van der Waals surface area contributed by atoms with Crippen LogP contribution in [0.2, 0.25) is 0 Å². The van der Waals surface area contributed by atoms with Crippen molar-refractivity contribution < 1.29 is 18.3 Å². The highest BCUT2D eigenvalue weighted by atomic mass is 19.1. The Balaban J connectivity index is 1.77.